The van der Waals surface area contributed by atoms with E-state index in [0.29, 0.717) is 24.8 Å². The van der Waals surface area contributed by atoms with Crippen molar-refractivity contribution in [1.29, 1.82) is 5.26 Å². The molecule has 0 saturated heterocycles. The molecule has 102 valence electrons. The van der Waals surface area contributed by atoms with Gasteiger partial charge in [-0.3, -0.25) is 0 Å². The van der Waals surface area contributed by atoms with Crippen LogP contribution in [0, 0.1) is 11.3 Å². The summed E-state index contributed by atoms with van der Waals surface area (Å²) in [7, 11) is 0. The second-order valence-corrected chi connectivity index (χ2v) is 4.53. The van der Waals surface area contributed by atoms with E-state index in [1.54, 1.807) is 6.07 Å². The largest absolute Gasteiger partial charge is 0.417 e. The molecule has 0 spiro atoms. The Balaban J connectivity index is 1.98. The van der Waals surface area contributed by atoms with Gasteiger partial charge >= 0.3 is 6.18 Å². The predicted molar refractivity (Wildman–Crippen MR) is 65.7 cm³/mol. The van der Waals surface area contributed by atoms with Gasteiger partial charge in [0, 0.05) is 24.8 Å². The van der Waals surface area contributed by atoms with Crippen molar-refractivity contribution in [3.8, 4) is 6.07 Å². The number of nitrogens with zero attached hydrogens (tertiary/aromatic N) is 1. The van der Waals surface area contributed by atoms with Gasteiger partial charge in [-0.15, -0.1) is 0 Å². The number of alkyl halides is 3. The maximum Gasteiger partial charge on any atom is 0.417 e. The molecule has 19 heavy (non-hydrogen) atoms. The van der Waals surface area contributed by atoms with E-state index in [2.05, 4.69) is 10.6 Å². The van der Waals surface area contributed by atoms with Gasteiger partial charge < -0.3 is 10.6 Å². The van der Waals surface area contributed by atoms with E-state index in [-0.39, 0.29) is 5.56 Å². The van der Waals surface area contributed by atoms with Gasteiger partial charge in [0.15, 0.2) is 0 Å². The molecule has 3 nitrogen and oxygen atoms in total. The highest BCUT2D eigenvalue weighted by atomic mass is 19.4. The molecule has 1 fully saturated rings. The lowest BCUT2D eigenvalue weighted by Gasteiger charge is -2.12. The number of halogens is 3. The van der Waals surface area contributed by atoms with E-state index in [1.165, 1.54) is 25.0 Å². The van der Waals surface area contributed by atoms with Crippen molar-refractivity contribution >= 4 is 5.69 Å². The summed E-state index contributed by atoms with van der Waals surface area (Å²) in [5.74, 6) is 0. The van der Waals surface area contributed by atoms with Crippen molar-refractivity contribution in [2.75, 3.05) is 18.4 Å². The summed E-state index contributed by atoms with van der Waals surface area (Å²) in [6, 6.07) is 5.80. The van der Waals surface area contributed by atoms with Crippen LogP contribution in [0.4, 0.5) is 18.9 Å². The van der Waals surface area contributed by atoms with Crippen molar-refractivity contribution in [2.45, 2.75) is 25.1 Å². The number of rotatable bonds is 5. The third-order valence-electron chi connectivity index (χ3n) is 2.91. The Morgan fingerprint density at radius 2 is 2.00 bits per heavy atom. The number of nitrogens with one attached hydrogen (secondary N) is 2. The molecule has 1 aromatic rings. The molecule has 1 aliphatic rings. The van der Waals surface area contributed by atoms with E-state index in [1.807, 2.05) is 0 Å². The summed E-state index contributed by atoms with van der Waals surface area (Å²) in [5.41, 5.74) is -0.867. The van der Waals surface area contributed by atoms with Gasteiger partial charge in [0.25, 0.3) is 0 Å². The Labute approximate surface area is 109 Å². The van der Waals surface area contributed by atoms with Crippen LogP contribution >= 0.6 is 0 Å². The fourth-order valence-electron chi connectivity index (χ4n) is 1.76. The SMILES string of the molecule is N#Cc1ccc(NCCNC2CC2)cc1C(F)(F)F. The molecule has 0 aromatic heterocycles. The minimum atomic E-state index is -4.50. The number of hydrogen-bond donors (Lipinski definition) is 2. The van der Waals surface area contributed by atoms with Crippen LogP contribution in [0.1, 0.15) is 24.0 Å². The smallest absolute Gasteiger partial charge is 0.384 e. The molecular weight excluding hydrogens is 255 g/mol. The summed E-state index contributed by atoms with van der Waals surface area (Å²) in [6.07, 6.45) is -2.15. The normalized spacial score (nSPS) is 15.1. The molecule has 0 amide bonds. The Bertz CT molecular complexity index is 487. The van der Waals surface area contributed by atoms with Crippen LogP contribution in [-0.4, -0.2) is 19.1 Å². The van der Waals surface area contributed by atoms with E-state index in [9.17, 15) is 13.2 Å². The molecule has 0 aliphatic heterocycles. The first-order valence-electron chi connectivity index (χ1n) is 6.09. The lowest BCUT2D eigenvalue weighted by molar-refractivity contribution is -0.137. The van der Waals surface area contributed by atoms with Crippen molar-refractivity contribution in [2.24, 2.45) is 0 Å². The maximum atomic E-state index is 12.7. The average molecular weight is 269 g/mol. The first-order chi connectivity index (χ1) is 9.00. The standard InChI is InChI=1S/C13H14F3N3/c14-13(15,16)12-7-11(2-1-9(12)8-17)19-6-5-18-10-3-4-10/h1-2,7,10,18-19H,3-6H2. The van der Waals surface area contributed by atoms with Crippen LogP contribution in [0.15, 0.2) is 18.2 Å². The van der Waals surface area contributed by atoms with E-state index in [4.69, 9.17) is 5.26 Å². The van der Waals surface area contributed by atoms with Gasteiger partial charge in [0.1, 0.15) is 0 Å². The summed E-state index contributed by atoms with van der Waals surface area (Å²) >= 11 is 0. The second-order valence-electron chi connectivity index (χ2n) is 4.53. The van der Waals surface area contributed by atoms with Crippen molar-refractivity contribution < 1.29 is 13.2 Å². The zero-order valence-corrected chi connectivity index (χ0v) is 10.2. The lowest BCUT2D eigenvalue weighted by atomic mass is 10.1. The molecule has 6 heteroatoms. The van der Waals surface area contributed by atoms with Crippen molar-refractivity contribution in [3.63, 3.8) is 0 Å². The van der Waals surface area contributed by atoms with Crippen molar-refractivity contribution in [3.05, 3.63) is 29.3 Å². The van der Waals surface area contributed by atoms with Gasteiger partial charge in [-0.2, -0.15) is 18.4 Å². The summed E-state index contributed by atoms with van der Waals surface area (Å²) in [4.78, 5) is 0. The minimum absolute atomic E-state index is 0.353. The predicted octanol–water partition coefficient (Wildman–Crippen LogP) is 2.74. The Kier molecular flexibility index (Phi) is 3.96. The second kappa shape index (κ2) is 5.49. The van der Waals surface area contributed by atoms with Gasteiger partial charge in [-0.25, -0.2) is 0 Å². The highest BCUT2D eigenvalue weighted by Crippen LogP contribution is 2.33. The van der Waals surface area contributed by atoms with Crippen LogP contribution < -0.4 is 10.6 Å². The van der Waals surface area contributed by atoms with Gasteiger partial charge in [-0.1, -0.05) is 0 Å². The van der Waals surface area contributed by atoms with Crippen LogP contribution in [0.2, 0.25) is 0 Å². The average Bonchev–Trinajstić information content (AvgIpc) is 3.17. The molecule has 1 saturated carbocycles. The van der Waals surface area contributed by atoms with Crippen LogP contribution in [0.5, 0.6) is 0 Å². The molecule has 0 bridgehead atoms. The fraction of sp³-hybridized carbons (Fsp3) is 0.462. The molecule has 2 rings (SSSR count). The lowest BCUT2D eigenvalue weighted by Crippen LogP contribution is -2.24. The molecule has 1 aromatic carbocycles. The zero-order chi connectivity index (χ0) is 13.9. The van der Waals surface area contributed by atoms with Crippen LogP contribution in [0.25, 0.3) is 0 Å². The Morgan fingerprint density at radius 1 is 1.26 bits per heavy atom. The molecule has 0 radical (unpaired) electrons. The molecule has 0 atom stereocenters. The first-order valence-corrected chi connectivity index (χ1v) is 6.09. The Hall–Kier alpha value is -1.74. The van der Waals surface area contributed by atoms with Crippen molar-refractivity contribution in [1.82, 2.24) is 5.32 Å². The minimum Gasteiger partial charge on any atom is -0.384 e. The quantitative estimate of drug-likeness (QED) is 0.808. The summed E-state index contributed by atoms with van der Waals surface area (Å²) < 4.78 is 38.2. The summed E-state index contributed by atoms with van der Waals surface area (Å²) in [6.45, 7) is 1.27. The Morgan fingerprint density at radius 3 is 2.58 bits per heavy atom. The van der Waals surface area contributed by atoms with Crippen LogP contribution in [0.3, 0.4) is 0 Å². The van der Waals surface area contributed by atoms with Gasteiger partial charge in [-0.05, 0) is 31.0 Å². The third-order valence-corrected chi connectivity index (χ3v) is 2.91. The van der Waals surface area contributed by atoms with Crippen LogP contribution in [-0.2, 0) is 6.18 Å². The molecule has 2 N–H and O–H groups in total. The number of anilines is 1. The molecule has 1 aliphatic carbocycles. The highest BCUT2D eigenvalue weighted by Gasteiger charge is 2.33. The first kappa shape index (κ1) is 13.7. The molecular formula is C13H14F3N3. The number of nitriles is 1. The molecule has 0 heterocycles. The third kappa shape index (κ3) is 3.86. The molecule has 0 unspecified atom stereocenters. The van der Waals surface area contributed by atoms with Gasteiger partial charge in [0.05, 0.1) is 17.2 Å². The van der Waals surface area contributed by atoms with E-state index < -0.39 is 11.7 Å². The summed E-state index contributed by atoms with van der Waals surface area (Å²) in [5, 5.41) is 14.9. The maximum absolute atomic E-state index is 12.7. The topological polar surface area (TPSA) is 47.9 Å². The highest BCUT2D eigenvalue weighted by molar-refractivity contribution is 5.53. The van der Waals surface area contributed by atoms with Gasteiger partial charge in [0.2, 0.25) is 0 Å². The van der Waals surface area contributed by atoms with E-state index in [0.717, 1.165) is 6.07 Å². The fourth-order valence-corrected chi connectivity index (χ4v) is 1.76. The zero-order valence-electron chi connectivity index (χ0n) is 10.2. The number of hydrogen-bond acceptors (Lipinski definition) is 3. The monoisotopic (exact) mass is 269 g/mol. The number of benzene rings is 1. The van der Waals surface area contributed by atoms with E-state index >= 15 is 0 Å².